The van der Waals surface area contributed by atoms with Crippen molar-refractivity contribution in [2.45, 2.75) is 11.8 Å². The van der Waals surface area contributed by atoms with E-state index in [4.69, 9.17) is 10.8 Å². The molecule has 0 saturated heterocycles. The van der Waals surface area contributed by atoms with Gasteiger partial charge < -0.3 is 10.8 Å². The predicted molar refractivity (Wildman–Crippen MR) is 46.0 cm³/mol. The van der Waals surface area contributed by atoms with Gasteiger partial charge in [-0.25, -0.2) is 4.39 Å². The van der Waals surface area contributed by atoms with Gasteiger partial charge in [0.1, 0.15) is 5.75 Å². The van der Waals surface area contributed by atoms with Gasteiger partial charge in [-0.1, -0.05) is 12.1 Å². The third kappa shape index (κ3) is 2.04. The molecule has 0 fully saturated rings. The van der Waals surface area contributed by atoms with Crippen LogP contribution >= 0.6 is 0 Å². The summed E-state index contributed by atoms with van der Waals surface area (Å²) in [6.45, 7) is -1.22. The number of halogens is 4. The number of hydrogen-bond acceptors (Lipinski definition) is 2. The summed E-state index contributed by atoms with van der Waals surface area (Å²) in [6, 6.07) is 3.91. The SMILES string of the molecule is NCC(F)(c1cccc(O)c1)C(F)(F)F. The average Bonchev–Trinajstić information content (AvgIpc) is 2.14. The zero-order valence-corrected chi connectivity index (χ0v) is 7.55. The van der Waals surface area contributed by atoms with Crippen molar-refractivity contribution in [1.82, 2.24) is 0 Å². The Bertz CT molecular complexity index is 352. The van der Waals surface area contributed by atoms with Crippen molar-refractivity contribution < 1.29 is 22.7 Å². The minimum absolute atomic E-state index is 0.438. The summed E-state index contributed by atoms with van der Waals surface area (Å²) in [6.07, 6.45) is -5.10. The number of phenolic OH excluding ortho intramolecular Hbond substituents is 1. The van der Waals surface area contributed by atoms with Crippen molar-refractivity contribution in [3.05, 3.63) is 29.8 Å². The Balaban J connectivity index is 3.23. The number of hydrogen-bond donors (Lipinski definition) is 2. The molecule has 0 heterocycles. The maximum atomic E-state index is 13.6. The summed E-state index contributed by atoms with van der Waals surface area (Å²) in [4.78, 5) is 0. The van der Waals surface area contributed by atoms with E-state index in [2.05, 4.69) is 0 Å². The highest BCUT2D eigenvalue weighted by Crippen LogP contribution is 2.42. The summed E-state index contributed by atoms with van der Waals surface area (Å²) in [5.74, 6) is -0.438. The first-order chi connectivity index (χ1) is 6.81. The summed E-state index contributed by atoms with van der Waals surface area (Å²) in [7, 11) is 0. The molecule has 1 rings (SSSR count). The second kappa shape index (κ2) is 3.69. The van der Waals surface area contributed by atoms with Crippen LogP contribution in [0.2, 0.25) is 0 Å². The molecule has 0 aliphatic heterocycles. The molecule has 0 bridgehead atoms. The normalized spacial score (nSPS) is 16.1. The summed E-state index contributed by atoms with van der Waals surface area (Å²) >= 11 is 0. The van der Waals surface area contributed by atoms with Crippen molar-refractivity contribution in [3.8, 4) is 5.75 Å². The van der Waals surface area contributed by atoms with Gasteiger partial charge >= 0.3 is 6.18 Å². The number of alkyl halides is 4. The molecule has 0 radical (unpaired) electrons. The molecule has 1 atom stereocenters. The van der Waals surface area contributed by atoms with Crippen LogP contribution in [0.4, 0.5) is 17.6 Å². The topological polar surface area (TPSA) is 46.2 Å². The van der Waals surface area contributed by atoms with Crippen LogP contribution in [0.25, 0.3) is 0 Å². The molecule has 0 aliphatic carbocycles. The lowest BCUT2D eigenvalue weighted by molar-refractivity contribution is -0.231. The summed E-state index contributed by atoms with van der Waals surface area (Å²) < 4.78 is 50.7. The van der Waals surface area contributed by atoms with Crippen LogP contribution in [0.3, 0.4) is 0 Å². The first-order valence-electron chi connectivity index (χ1n) is 4.06. The van der Waals surface area contributed by atoms with E-state index in [0.29, 0.717) is 6.07 Å². The van der Waals surface area contributed by atoms with Crippen molar-refractivity contribution in [2.24, 2.45) is 5.73 Å². The van der Waals surface area contributed by atoms with Gasteiger partial charge in [0.25, 0.3) is 0 Å². The second-order valence-corrected chi connectivity index (χ2v) is 3.05. The lowest BCUT2D eigenvalue weighted by atomic mass is 9.95. The van der Waals surface area contributed by atoms with Gasteiger partial charge in [0.05, 0.1) is 0 Å². The molecule has 1 unspecified atom stereocenters. The third-order valence-corrected chi connectivity index (χ3v) is 2.03. The highest BCUT2D eigenvalue weighted by Gasteiger charge is 2.56. The molecule has 1 aromatic carbocycles. The number of phenols is 1. The lowest BCUT2D eigenvalue weighted by Gasteiger charge is -2.26. The molecule has 3 N–H and O–H groups in total. The Labute approximate surface area is 83.3 Å². The molecule has 2 nitrogen and oxygen atoms in total. The van der Waals surface area contributed by atoms with Crippen LogP contribution in [-0.2, 0) is 5.67 Å². The molecule has 0 aromatic heterocycles. The number of nitrogens with two attached hydrogens (primary N) is 1. The molecule has 84 valence electrons. The zero-order valence-electron chi connectivity index (χ0n) is 7.55. The fraction of sp³-hybridized carbons (Fsp3) is 0.333. The Morgan fingerprint density at radius 3 is 2.20 bits per heavy atom. The minimum Gasteiger partial charge on any atom is -0.508 e. The van der Waals surface area contributed by atoms with Gasteiger partial charge in [0.2, 0.25) is 5.67 Å². The minimum atomic E-state index is -5.10. The highest BCUT2D eigenvalue weighted by atomic mass is 19.4. The smallest absolute Gasteiger partial charge is 0.428 e. The highest BCUT2D eigenvalue weighted by molar-refractivity contribution is 5.32. The fourth-order valence-electron chi connectivity index (χ4n) is 1.15. The summed E-state index contributed by atoms with van der Waals surface area (Å²) in [5, 5.41) is 8.96. The van der Waals surface area contributed by atoms with Crippen molar-refractivity contribution in [3.63, 3.8) is 0 Å². The maximum absolute atomic E-state index is 13.6. The van der Waals surface area contributed by atoms with E-state index >= 15 is 0 Å². The van der Waals surface area contributed by atoms with E-state index in [1.165, 1.54) is 0 Å². The van der Waals surface area contributed by atoms with E-state index in [0.717, 1.165) is 18.2 Å². The molecule has 6 heteroatoms. The standard InChI is InChI=1S/C9H9F4NO/c10-8(5-14,9(11,12)13)6-2-1-3-7(15)4-6/h1-4,15H,5,14H2. The predicted octanol–water partition coefficient (Wildman–Crippen LogP) is 2.08. The van der Waals surface area contributed by atoms with Gasteiger partial charge in [-0.15, -0.1) is 0 Å². The van der Waals surface area contributed by atoms with Gasteiger partial charge in [-0.05, 0) is 12.1 Å². The molecule has 0 spiro atoms. The summed E-state index contributed by atoms with van der Waals surface area (Å²) in [5.41, 5.74) is 0.483. The maximum Gasteiger partial charge on any atom is 0.428 e. The van der Waals surface area contributed by atoms with Crippen LogP contribution in [0, 0.1) is 0 Å². The van der Waals surface area contributed by atoms with Crippen LogP contribution in [0.15, 0.2) is 24.3 Å². The molecular weight excluding hydrogens is 214 g/mol. The van der Waals surface area contributed by atoms with Gasteiger partial charge in [-0.2, -0.15) is 13.2 Å². The van der Waals surface area contributed by atoms with Crippen molar-refractivity contribution in [1.29, 1.82) is 0 Å². The van der Waals surface area contributed by atoms with Crippen LogP contribution in [0.5, 0.6) is 5.75 Å². The van der Waals surface area contributed by atoms with Crippen LogP contribution < -0.4 is 5.73 Å². The molecule has 1 aromatic rings. The molecular formula is C9H9F4NO. The average molecular weight is 223 g/mol. The Morgan fingerprint density at radius 2 is 1.80 bits per heavy atom. The second-order valence-electron chi connectivity index (χ2n) is 3.05. The third-order valence-electron chi connectivity index (χ3n) is 2.03. The Hall–Kier alpha value is -1.30. The van der Waals surface area contributed by atoms with Crippen molar-refractivity contribution in [2.75, 3.05) is 6.54 Å². The first kappa shape index (κ1) is 11.8. The Kier molecular flexibility index (Phi) is 2.90. The Morgan fingerprint density at radius 1 is 1.20 bits per heavy atom. The quantitative estimate of drug-likeness (QED) is 0.754. The van der Waals surface area contributed by atoms with E-state index in [9.17, 15) is 17.6 Å². The van der Waals surface area contributed by atoms with Gasteiger partial charge in [0, 0.05) is 12.1 Å². The zero-order chi connectivity index (χ0) is 11.7. The first-order valence-corrected chi connectivity index (χ1v) is 4.06. The lowest BCUT2D eigenvalue weighted by Crippen LogP contribution is -2.44. The largest absolute Gasteiger partial charge is 0.508 e. The van der Waals surface area contributed by atoms with Gasteiger partial charge in [0.15, 0.2) is 0 Å². The van der Waals surface area contributed by atoms with Gasteiger partial charge in [-0.3, -0.25) is 0 Å². The number of rotatable bonds is 2. The van der Waals surface area contributed by atoms with E-state index in [1.807, 2.05) is 0 Å². The molecule has 0 aliphatic rings. The molecule has 0 saturated carbocycles. The monoisotopic (exact) mass is 223 g/mol. The molecule has 15 heavy (non-hydrogen) atoms. The van der Waals surface area contributed by atoms with Crippen LogP contribution in [0.1, 0.15) is 5.56 Å². The van der Waals surface area contributed by atoms with E-state index in [1.54, 1.807) is 0 Å². The molecule has 0 amide bonds. The van der Waals surface area contributed by atoms with Crippen LogP contribution in [-0.4, -0.2) is 17.8 Å². The number of benzene rings is 1. The number of aromatic hydroxyl groups is 1. The fourth-order valence-corrected chi connectivity index (χ4v) is 1.15. The van der Waals surface area contributed by atoms with E-state index < -0.39 is 29.7 Å². The van der Waals surface area contributed by atoms with E-state index in [-0.39, 0.29) is 0 Å². The van der Waals surface area contributed by atoms with Crippen molar-refractivity contribution >= 4 is 0 Å².